The molecule has 0 spiro atoms. The Balaban J connectivity index is 4.44. The molecular weight excluding hydrogens is 1020 g/mol. The standard InChI is InChI=1S/C77H128O6/c1-4-7-10-13-16-19-22-25-28-31-34-36-37-38-39-41-43-46-49-52-55-58-61-64-67-70-76(79)82-73-74(72-81-75(78)69-66-63-60-57-54-51-48-45-42-33-30-27-24-21-18-15-12-9-6-3)83-77(80)71-68-65-62-59-56-53-50-47-44-40-35-32-29-26-23-20-17-14-11-8-5-2/h7-8,10-11,16-17,19-20,25-30,34-36,38-40,47,50,74H,4-6,9,12-15,18,21-24,31-33,37,41-46,48-49,51-73H2,1-3H3/b10-7-,11-8-,19-16-,20-17-,28-25-,29-26-,30-27-,36-34-,39-38-,40-35-,50-47-. The maximum atomic E-state index is 13.0. The number of allylic oxidation sites excluding steroid dienone is 22. The number of unbranched alkanes of at least 4 members (excludes halogenated alkanes) is 29. The van der Waals surface area contributed by atoms with E-state index in [1.165, 1.54) is 128 Å². The Kier molecular flexibility index (Phi) is 66.3. The first-order valence-electron chi connectivity index (χ1n) is 34.7. The molecule has 472 valence electrons. The van der Waals surface area contributed by atoms with E-state index in [9.17, 15) is 14.4 Å². The molecule has 0 heterocycles. The van der Waals surface area contributed by atoms with Crippen molar-refractivity contribution in [2.24, 2.45) is 0 Å². The van der Waals surface area contributed by atoms with Crippen molar-refractivity contribution < 1.29 is 28.6 Å². The lowest BCUT2D eigenvalue weighted by Crippen LogP contribution is -2.30. The summed E-state index contributed by atoms with van der Waals surface area (Å²) in [4.78, 5) is 38.5. The van der Waals surface area contributed by atoms with Crippen LogP contribution in [0.25, 0.3) is 0 Å². The lowest BCUT2D eigenvalue weighted by Gasteiger charge is -2.18. The smallest absolute Gasteiger partial charge is 0.306 e. The summed E-state index contributed by atoms with van der Waals surface area (Å²) in [6, 6.07) is 0. The Hall–Kier alpha value is -4.45. The van der Waals surface area contributed by atoms with E-state index in [0.29, 0.717) is 19.3 Å². The van der Waals surface area contributed by atoms with Gasteiger partial charge in [-0.2, -0.15) is 0 Å². The number of hydrogen-bond acceptors (Lipinski definition) is 6. The Bertz CT molecular complexity index is 1750. The van der Waals surface area contributed by atoms with Crippen molar-refractivity contribution in [3.63, 3.8) is 0 Å². The van der Waals surface area contributed by atoms with Gasteiger partial charge in [-0.1, -0.05) is 296 Å². The van der Waals surface area contributed by atoms with E-state index in [-0.39, 0.29) is 31.1 Å². The molecule has 83 heavy (non-hydrogen) atoms. The number of carbonyl (C=O) groups excluding carboxylic acids is 3. The SMILES string of the molecule is CC/C=C\C/C=C\C/C=C\C/C=C\C/C=C\CCCCCCCCCCCC(=O)OCC(COC(=O)CCCCCCCCCCC/C=C\CCCCCCCC)OC(=O)CCCCCCC/C=C\C/C=C\C/C=C\C/C=C\C/C=C\CC. The monoisotopic (exact) mass is 1150 g/mol. The molecule has 1 atom stereocenters. The lowest BCUT2D eigenvalue weighted by molar-refractivity contribution is -0.167. The molecule has 0 saturated carbocycles. The van der Waals surface area contributed by atoms with Gasteiger partial charge in [-0.15, -0.1) is 0 Å². The quantitative estimate of drug-likeness (QED) is 0.0261. The molecule has 1 unspecified atom stereocenters. The molecule has 0 saturated heterocycles. The highest BCUT2D eigenvalue weighted by Gasteiger charge is 2.19. The molecule has 0 aliphatic heterocycles. The predicted molar refractivity (Wildman–Crippen MR) is 362 cm³/mol. The van der Waals surface area contributed by atoms with Gasteiger partial charge >= 0.3 is 17.9 Å². The Morgan fingerprint density at radius 1 is 0.253 bits per heavy atom. The van der Waals surface area contributed by atoms with Crippen molar-refractivity contribution in [2.75, 3.05) is 13.2 Å². The zero-order valence-corrected chi connectivity index (χ0v) is 54.2. The van der Waals surface area contributed by atoms with Gasteiger partial charge in [0.05, 0.1) is 0 Å². The topological polar surface area (TPSA) is 78.9 Å². The molecule has 0 amide bonds. The Labute approximate surface area is 513 Å². The van der Waals surface area contributed by atoms with Gasteiger partial charge in [0.2, 0.25) is 0 Å². The third-order valence-corrected chi connectivity index (χ3v) is 14.6. The van der Waals surface area contributed by atoms with Crippen LogP contribution in [0.1, 0.15) is 316 Å². The summed E-state index contributed by atoms with van der Waals surface area (Å²) < 4.78 is 17.0. The maximum Gasteiger partial charge on any atom is 0.306 e. The van der Waals surface area contributed by atoms with E-state index in [1.54, 1.807) is 0 Å². The zero-order chi connectivity index (χ0) is 59.9. The minimum absolute atomic E-state index is 0.0913. The predicted octanol–water partition coefficient (Wildman–Crippen LogP) is 24.1. The number of rotatable bonds is 62. The Morgan fingerprint density at radius 2 is 0.470 bits per heavy atom. The minimum Gasteiger partial charge on any atom is -0.462 e. The van der Waals surface area contributed by atoms with E-state index in [1.807, 2.05) is 0 Å². The molecule has 0 aromatic carbocycles. The highest BCUT2D eigenvalue weighted by atomic mass is 16.6. The number of ether oxygens (including phenoxy) is 3. The molecule has 0 N–H and O–H groups in total. The molecule has 0 aromatic heterocycles. The van der Waals surface area contributed by atoms with Crippen molar-refractivity contribution in [3.8, 4) is 0 Å². The number of esters is 3. The molecule has 6 heteroatoms. The number of hydrogen-bond donors (Lipinski definition) is 0. The van der Waals surface area contributed by atoms with Crippen molar-refractivity contribution in [1.29, 1.82) is 0 Å². The van der Waals surface area contributed by atoms with Crippen LogP contribution >= 0.6 is 0 Å². The summed E-state index contributed by atoms with van der Waals surface area (Å²) in [6.45, 7) is 6.41. The van der Waals surface area contributed by atoms with Crippen LogP contribution in [0.3, 0.4) is 0 Å². The van der Waals surface area contributed by atoms with Crippen LogP contribution in [0.15, 0.2) is 134 Å². The van der Waals surface area contributed by atoms with Crippen LogP contribution in [0.4, 0.5) is 0 Å². The van der Waals surface area contributed by atoms with E-state index in [4.69, 9.17) is 14.2 Å². The molecule has 0 aliphatic rings. The van der Waals surface area contributed by atoms with Gasteiger partial charge in [-0.05, 0) is 135 Å². The molecule has 0 aromatic rings. The summed E-state index contributed by atoms with van der Waals surface area (Å²) in [7, 11) is 0. The van der Waals surface area contributed by atoms with E-state index in [0.717, 1.165) is 148 Å². The highest BCUT2D eigenvalue weighted by molar-refractivity contribution is 5.71. The first-order chi connectivity index (χ1) is 41.0. The van der Waals surface area contributed by atoms with E-state index < -0.39 is 6.10 Å². The lowest BCUT2D eigenvalue weighted by atomic mass is 10.1. The van der Waals surface area contributed by atoms with Crippen LogP contribution in [0.2, 0.25) is 0 Å². The van der Waals surface area contributed by atoms with E-state index in [2.05, 4.69) is 154 Å². The normalized spacial score (nSPS) is 13.0. The molecular formula is C77H128O6. The van der Waals surface area contributed by atoms with Gasteiger partial charge < -0.3 is 14.2 Å². The number of carbonyl (C=O) groups is 3. The molecule has 6 nitrogen and oxygen atoms in total. The molecule has 0 rings (SSSR count). The van der Waals surface area contributed by atoms with Crippen LogP contribution in [0, 0.1) is 0 Å². The zero-order valence-electron chi connectivity index (χ0n) is 54.2. The van der Waals surface area contributed by atoms with Crippen LogP contribution in [-0.2, 0) is 28.6 Å². The second kappa shape index (κ2) is 70.0. The summed E-state index contributed by atoms with van der Waals surface area (Å²) in [5, 5.41) is 0. The maximum absolute atomic E-state index is 13.0. The third-order valence-electron chi connectivity index (χ3n) is 14.6. The third kappa shape index (κ3) is 68.2. The van der Waals surface area contributed by atoms with Crippen LogP contribution < -0.4 is 0 Å². The fraction of sp³-hybridized carbons (Fsp3) is 0.675. The summed E-state index contributed by atoms with van der Waals surface area (Å²) in [6.07, 6.45) is 98.9. The van der Waals surface area contributed by atoms with Crippen LogP contribution in [0.5, 0.6) is 0 Å². The second-order valence-corrected chi connectivity index (χ2v) is 22.7. The van der Waals surface area contributed by atoms with Gasteiger partial charge in [-0.25, -0.2) is 0 Å². The van der Waals surface area contributed by atoms with Crippen molar-refractivity contribution in [1.82, 2.24) is 0 Å². The first-order valence-corrected chi connectivity index (χ1v) is 34.7. The van der Waals surface area contributed by atoms with Gasteiger partial charge in [0, 0.05) is 19.3 Å². The van der Waals surface area contributed by atoms with Gasteiger partial charge in [-0.3, -0.25) is 14.4 Å². The van der Waals surface area contributed by atoms with Crippen molar-refractivity contribution >= 4 is 17.9 Å². The van der Waals surface area contributed by atoms with E-state index >= 15 is 0 Å². The average Bonchev–Trinajstić information content (AvgIpc) is 3.50. The van der Waals surface area contributed by atoms with Crippen molar-refractivity contribution in [2.45, 2.75) is 322 Å². The highest BCUT2D eigenvalue weighted by Crippen LogP contribution is 2.16. The summed E-state index contributed by atoms with van der Waals surface area (Å²) >= 11 is 0. The fourth-order valence-corrected chi connectivity index (χ4v) is 9.49. The summed E-state index contributed by atoms with van der Waals surface area (Å²) in [5.74, 6) is -0.910. The first kappa shape index (κ1) is 78.5. The Morgan fingerprint density at radius 3 is 0.747 bits per heavy atom. The average molecular weight is 1150 g/mol. The summed E-state index contributed by atoms with van der Waals surface area (Å²) in [5.41, 5.74) is 0. The fourth-order valence-electron chi connectivity index (χ4n) is 9.49. The molecule has 0 aliphatic carbocycles. The molecule has 0 radical (unpaired) electrons. The van der Waals surface area contributed by atoms with Gasteiger partial charge in [0.1, 0.15) is 13.2 Å². The van der Waals surface area contributed by atoms with Gasteiger partial charge in [0.15, 0.2) is 6.10 Å². The molecule has 0 fully saturated rings. The van der Waals surface area contributed by atoms with Gasteiger partial charge in [0.25, 0.3) is 0 Å². The van der Waals surface area contributed by atoms with Crippen molar-refractivity contribution in [3.05, 3.63) is 134 Å². The molecule has 0 bridgehead atoms. The second-order valence-electron chi connectivity index (χ2n) is 22.7. The largest absolute Gasteiger partial charge is 0.462 e. The van der Waals surface area contributed by atoms with Crippen LogP contribution in [-0.4, -0.2) is 37.2 Å². The minimum atomic E-state index is -0.799.